The lowest BCUT2D eigenvalue weighted by Gasteiger charge is -2.12. The molecule has 0 radical (unpaired) electrons. The maximum Gasteiger partial charge on any atom is 0.396 e. The molecule has 144 valence electrons. The highest BCUT2D eigenvalue weighted by atomic mass is 35.5. The van der Waals surface area contributed by atoms with Gasteiger partial charge < -0.3 is 19.4 Å². The van der Waals surface area contributed by atoms with Crippen molar-refractivity contribution in [2.24, 2.45) is 7.05 Å². The molecule has 0 aliphatic rings. The third-order valence-electron chi connectivity index (χ3n) is 3.74. The topological polar surface area (TPSA) is 99.5 Å². The van der Waals surface area contributed by atoms with Crippen molar-refractivity contribution in [1.82, 2.24) is 9.55 Å². The fourth-order valence-corrected chi connectivity index (χ4v) is 2.94. The lowest BCUT2D eigenvalue weighted by atomic mass is 10.2. The predicted molar refractivity (Wildman–Crippen MR) is 104 cm³/mol. The number of anilines is 1. The number of aryl methyl sites for hydroxylation is 1. The van der Waals surface area contributed by atoms with Crippen molar-refractivity contribution in [2.75, 3.05) is 12.4 Å². The zero-order chi connectivity index (χ0) is 20.4. The van der Waals surface area contributed by atoms with Gasteiger partial charge in [0, 0.05) is 18.8 Å². The third kappa shape index (κ3) is 3.92. The monoisotopic (exact) mass is 421 g/mol. The van der Waals surface area contributed by atoms with E-state index in [0.29, 0.717) is 16.7 Å². The van der Waals surface area contributed by atoms with E-state index in [2.05, 4.69) is 15.0 Å². The van der Waals surface area contributed by atoms with Crippen LogP contribution in [0.4, 0.5) is 5.69 Å². The zero-order valence-corrected chi connectivity index (χ0v) is 16.2. The summed E-state index contributed by atoms with van der Waals surface area (Å²) in [5.74, 6) is -1.51. The lowest BCUT2D eigenvalue weighted by molar-refractivity contribution is -0.150. The summed E-state index contributed by atoms with van der Waals surface area (Å²) in [4.78, 5) is 39.0. The molecule has 8 nitrogen and oxygen atoms in total. The third-order valence-corrected chi connectivity index (χ3v) is 4.30. The van der Waals surface area contributed by atoms with Crippen LogP contribution in [0.2, 0.25) is 10.0 Å². The van der Waals surface area contributed by atoms with E-state index in [9.17, 15) is 14.4 Å². The molecule has 0 bridgehead atoms. The Hall–Kier alpha value is -3.10. The van der Waals surface area contributed by atoms with Crippen molar-refractivity contribution in [3.63, 3.8) is 0 Å². The van der Waals surface area contributed by atoms with E-state index in [0.717, 1.165) is 7.11 Å². The van der Waals surface area contributed by atoms with Crippen molar-refractivity contribution >= 4 is 51.7 Å². The number of amides is 1. The summed E-state index contributed by atoms with van der Waals surface area (Å²) in [6, 6.07) is 7.51. The number of rotatable bonds is 3. The molecule has 1 heterocycles. The smallest absolute Gasteiger partial charge is 0.396 e. The van der Waals surface area contributed by atoms with Gasteiger partial charge in [-0.25, -0.2) is 9.78 Å². The van der Waals surface area contributed by atoms with Gasteiger partial charge in [0.15, 0.2) is 5.75 Å². The Labute approximate surface area is 168 Å². The summed E-state index contributed by atoms with van der Waals surface area (Å²) in [6.07, 6.45) is 1.41. The summed E-state index contributed by atoms with van der Waals surface area (Å²) in [6.45, 7) is 0. The predicted octanol–water partition coefficient (Wildman–Crippen LogP) is 3.14. The highest BCUT2D eigenvalue weighted by Gasteiger charge is 2.17. The fourth-order valence-electron chi connectivity index (χ4n) is 2.38. The van der Waals surface area contributed by atoms with Crippen LogP contribution in [0, 0.1) is 0 Å². The number of nitrogens with zero attached hydrogens (tertiary/aromatic N) is 2. The Bertz CT molecular complexity index is 1140. The largest absolute Gasteiger partial charge is 0.462 e. The lowest BCUT2D eigenvalue weighted by Crippen LogP contribution is -2.23. The second-order valence-corrected chi connectivity index (χ2v) is 6.47. The van der Waals surface area contributed by atoms with Gasteiger partial charge in [0.05, 0.1) is 34.4 Å². The number of esters is 1. The first-order chi connectivity index (χ1) is 13.3. The maximum absolute atomic E-state index is 12.1. The van der Waals surface area contributed by atoms with Gasteiger partial charge in [-0.3, -0.25) is 9.59 Å². The van der Waals surface area contributed by atoms with E-state index in [1.165, 1.54) is 23.0 Å². The number of carbonyl (C=O) groups excluding carboxylic acids is 2. The summed E-state index contributed by atoms with van der Waals surface area (Å²) in [7, 11) is 2.70. The van der Waals surface area contributed by atoms with Gasteiger partial charge in [-0.15, -0.1) is 0 Å². The minimum absolute atomic E-state index is 0.102. The van der Waals surface area contributed by atoms with Crippen molar-refractivity contribution in [3.05, 3.63) is 57.1 Å². The molecule has 28 heavy (non-hydrogen) atoms. The molecule has 3 rings (SSSR count). The Kier molecular flexibility index (Phi) is 5.53. The molecular weight excluding hydrogens is 409 g/mol. The molecule has 0 unspecified atom stereocenters. The normalized spacial score (nSPS) is 10.6. The molecule has 1 aromatic heterocycles. The number of hydrogen-bond donors (Lipinski definition) is 1. The highest BCUT2D eigenvalue weighted by Crippen LogP contribution is 2.39. The molecule has 0 aliphatic carbocycles. The van der Waals surface area contributed by atoms with Gasteiger partial charge in [0.25, 0.3) is 5.56 Å². The molecule has 10 heteroatoms. The SMILES string of the molecule is COC(=O)C(=O)Nc1cc(Cl)c(Oc2ccc3c(=O)n(C)cnc3c2)c(Cl)c1. The number of methoxy groups -OCH3 is 1. The van der Waals surface area contributed by atoms with Crippen LogP contribution in [0.5, 0.6) is 11.5 Å². The first-order valence-electron chi connectivity index (χ1n) is 7.81. The van der Waals surface area contributed by atoms with Gasteiger partial charge in [0.1, 0.15) is 5.75 Å². The van der Waals surface area contributed by atoms with Crippen LogP contribution in [0.25, 0.3) is 10.9 Å². The first-order valence-corrected chi connectivity index (χ1v) is 8.57. The number of carbonyl (C=O) groups is 2. The second-order valence-electron chi connectivity index (χ2n) is 5.66. The number of hydrogen-bond acceptors (Lipinski definition) is 6. The van der Waals surface area contributed by atoms with E-state index in [1.54, 1.807) is 25.2 Å². The van der Waals surface area contributed by atoms with Crippen LogP contribution in [-0.4, -0.2) is 28.5 Å². The average Bonchev–Trinajstić information content (AvgIpc) is 2.67. The molecule has 0 saturated heterocycles. The summed E-state index contributed by atoms with van der Waals surface area (Å²) < 4.78 is 11.4. The molecule has 0 fully saturated rings. The Morgan fingerprint density at radius 3 is 2.46 bits per heavy atom. The molecule has 0 saturated carbocycles. The van der Waals surface area contributed by atoms with Crippen LogP contribution < -0.4 is 15.6 Å². The number of nitrogens with one attached hydrogen (secondary N) is 1. The van der Waals surface area contributed by atoms with Gasteiger partial charge in [-0.1, -0.05) is 23.2 Å². The number of halogens is 2. The summed E-state index contributed by atoms with van der Waals surface area (Å²) in [5.41, 5.74) is 0.467. The number of fused-ring (bicyclic) bond motifs is 1. The maximum atomic E-state index is 12.1. The van der Waals surface area contributed by atoms with Crippen LogP contribution in [0.1, 0.15) is 0 Å². The highest BCUT2D eigenvalue weighted by molar-refractivity contribution is 6.39. The number of benzene rings is 2. The molecule has 2 aromatic carbocycles. The van der Waals surface area contributed by atoms with Crippen molar-refractivity contribution in [2.45, 2.75) is 0 Å². The van der Waals surface area contributed by atoms with Gasteiger partial charge in [-0.2, -0.15) is 0 Å². The fraction of sp³-hybridized carbons (Fsp3) is 0.111. The molecule has 1 amide bonds. The van der Waals surface area contributed by atoms with Crippen molar-refractivity contribution < 1.29 is 19.1 Å². The molecule has 0 aliphatic heterocycles. The van der Waals surface area contributed by atoms with Crippen molar-refractivity contribution in [3.8, 4) is 11.5 Å². The van der Waals surface area contributed by atoms with Crippen LogP contribution >= 0.6 is 23.2 Å². The van der Waals surface area contributed by atoms with E-state index >= 15 is 0 Å². The first kappa shape index (κ1) is 19.7. The summed E-state index contributed by atoms with van der Waals surface area (Å²) >= 11 is 12.4. The Balaban J connectivity index is 1.89. The quantitative estimate of drug-likeness (QED) is 0.514. The minimum Gasteiger partial charge on any atom is -0.462 e. The van der Waals surface area contributed by atoms with Gasteiger partial charge in [-0.05, 0) is 24.3 Å². The number of aromatic nitrogens is 2. The summed E-state index contributed by atoms with van der Waals surface area (Å²) in [5, 5.41) is 2.96. The van der Waals surface area contributed by atoms with Crippen molar-refractivity contribution in [1.29, 1.82) is 0 Å². The Morgan fingerprint density at radius 2 is 1.82 bits per heavy atom. The van der Waals surface area contributed by atoms with E-state index in [4.69, 9.17) is 27.9 Å². The number of ether oxygens (including phenoxy) is 2. The second kappa shape index (κ2) is 7.87. The minimum atomic E-state index is -1.05. The van der Waals surface area contributed by atoms with Crippen LogP contribution in [-0.2, 0) is 21.4 Å². The standard InChI is InChI=1S/C18H13Cl2N3O5/c1-23-8-21-14-7-10(3-4-11(14)17(23)25)28-15-12(19)5-9(6-13(15)20)22-16(24)18(26)27-2/h3-8H,1-2H3,(H,22,24). The molecule has 1 N–H and O–H groups in total. The van der Waals surface area contributed by atoms with E-state index in [-0.39, 0.29) is 27.0 Å². The van der Waals surface area contributed by atoms with Crippen LogP contribution in [0.3, 0.4) is 0 Å². The average molecular weight is 422 g/mol. The van der Waals surface area contributed by atoms with Gasteiger partial charge >= 0.3 is 11.9 Å². The molecule has 3 aromatic rings. The van der Waals surface area contributed by atoms with E-state index < -0.39 is 11.9 Å². The molecule has 0 spiro atoms. The Morgan fingerprint density at radius 1 is 1.14 bits per heavy atom. The van der Waals surface area contributed by atoms with Gasteiger partial charge in [0.2, 0.25) is 0 Å². The zero-order valence-electron chi connectivity index (χ0n) is 14.7. The molecular formula is C18H13Cl2N3O5. The van der Waals surface area contributed by atoms with E-state index in [1.807, 2.05) is 0 Å². The van der Waals surface area contributed by atoms with Crippen LogP contribution in [0.15, 0.2) is 41.5 Å². The molecule has 0 atom stereocenters.